The van der Waals surface area contributed by atoms with Crippen LogP contribution in [0.3, 0.4) is 0 Å². The first-order valence-corrected chi connectivity index (χ1v) is 17.1. The summed E-state index contributed by atoms with van der Waals surface area (Å²) in [6.45, 7) is 4.44. The first kappa shape index (κ1) is 42.1. The summed E-state index contributed by atoms with van der Waals surface area (Å²) in [6.07, 6.45) is 1.53. The molecule has 1 aliphatic carbocycles. The van der Waals surface area contributed by atoms with Gasteiger partial charge in [0.15, 0.2) is 12.2 Å². The molecule has 2 aliphatic rings. The molecule has 0 aromatic heterocycles. The number of halogens is 6. The number of alkyl halides is 3. The Hall–Kier alpha value is -5.66. The van der Waals surface area contributed by atoms with Crippen LogP contribution in [-0.2, 0) is 30.0 Å². The van der Waals surface area contributed by atoms with Gasteiger partial charge in [-0.25, -0.2) is 18.9 Å². The van der Waals surface area contributed by atoms with Crippen molar-refractivity contribution in [2.45, 2.75) is 64.8 Å². The number of ether oxygens (including phenoxy) is 4. The van der Waals surface area contributed by atoms with Crippen LogP contribution in [0.4, 0.5) is 28.9 Å². The molecule has 0 fully saturated rings. The average Bonchev–Trinajstić information content (AvgIpc) is 3.38. The molecule has 0 saturated carbocycles. The quantitative estimate of drug-likeness (QED) is 0.0485. The Labute approximate surface area is 321 Å². The minimum Gasteiger partial charge on any atom is -0.476 e. The second-order valence-corrected chi connectivity index (χ2v) is 12.6. The highest BCUT2D eigenvalue weighted by Crippen LogP contribution is 2.40. The van der Waals surface area contributed by atoms with Crippen molar-refractivity contribution in [2.24, 2.45) is 0 Å². The van der Waals surface area contributed by atoms with E-state index in [4.69, 9.17) is 48.6 Å². The fourth-order valence-corrected chi connectivity index (χ4v) is 5.70. The third kappa shape index (κ3) is 9.91. The molecule has 290 valence electrons. The average molecular weight is 810 g/mol. The van der Waals surface area contributed by atoms with Crippen LogP contribution in [0, 0.1) is 28.3 Å². The molecule has 5 rings (SSSR count). The van der Waals surface area contributed by atoms with Gasteiger partial charge in [-0.1, -0.05) is 29.1 Å². The van der Waals surface area contributed by atoms with Crippen LogP contribution in [0.5, 0.6) is 17.2 Å². The second-order valence-electron chi connectivity index (χ2n) is 11.8. The Kier molecular flexibility index (Phi) is 13.5. The molecule has 3 aromatic rings. The lowest BCUT2D eigenvalue weighted by molar-refractivity contribution is -0.385. The first-order chi connectivity index (χ1) is 25.9. The largest absolute Gasteiger partial charge is 0.476 e. The molecule has 1 aliphatic heterocycles. The number of rotatable bonds is 10. The third-order valence-corrected chi connectivity index (χ3v) is 8.54. The normalized spacial score (nSPS) is 14.9. The third-order valence-electron chi connectivity index (χ3n) is 7.95. The molecule has 3 aromatic carbocycles. The van der Waals surface area contributed by atoms with E-state index in [2.05, 4.69) is 5.92 Å². The number of esters is 2. The fourth-order valence-electron chi connectivity index (χ4n) is 5.28. The van der Waals surface area contributed by atoms with E-state index >= 15 is 0 Å². The molecule has 0 bridgehead atoms. The van der Waals surface area contributed by atoms with Crippen LogP contribution >= 0.6 is 23.2 Å². The van der Waals surface area contributed by atoms with Gasteiger partial charge in [-0.3, -0.25) is 19.7 Å². The predicted octanol–water partition coefficient (Wildman–Crippen LogP) is 8.79. The van der Waals surface area contributed by atoms with Crippen molar-refractivity contribution in [1.29, 1.82) is 0 Å². The van der Waals surface area contributed by atoms with Crippen LogP contribution in [0.1, 0.15) is 62.4 Å². The topological polar surface area (TPSA) is 152 Å². The molecular formula is C37H30Cl2F4N2O10. The summed E-state index contributed by atoms with van der Waals surface area (Å²) in [5, 5.41) is 10.9. The Morgan fingerprint density at radius 2 is 1.60 bits per heavy atom. The summed E-state index contributed by atoms with van der Waals surface area (Å²) < 4.78 is 73.0. The summed E-state index contributed by atoms with van der Waals surface area (Å²) in [4.78, 5) is 60.4. The van der Waals surface area contributed by atoms with E-state index < -0.39 is 69.7 Å². The van der Waals surface area contributed by atoms with Crippen LogP contribution in [0.25, 0.3) is 0 Å². The van der Waals surface area contributed by atoms with Crippen LogP contribution in [-0.4, -0.2) is 47.5 Å². The van der Waals surface area contributed by atoms with Gasteiger partial charge < -0.3 is 18.9 Å². The monoisotopic (exact) mass is 808 g/mol. The molecule has 18 heteroatoms. The summed E-state index contributed by atoms with van der Waals surface area (Å²) in [5.74, 6) is -1.55. The van der Waals surface area contributed by atoms with Gasteiger partial charge in [-0.15, -0.1) is 6.42 Å². The van der Waals surface area contributed by atoms with E-state index in [1.165, 1.54) is 13.0 Å². The number of nitrogens with zero attached hydrogens (tertiary/aromatic N) is 2. The standard InChI is InChI=1S/C19H15ClF3NO7.C18H15ClFNO3/c1-3-29-17(25)10(2)30-18(26)13-9-12(5-6-15(13)24(27)28)31-16-7-4-11(8-14(16)20)19(21,22)23;1-3-10(2)24-16-9-15(14(20)8-13(16)19)21-17(22)11-6-4-5-7-12(11)18(21)23/h4-10H,3H2,1-2H3;1,8-10H,4-7H2,2H3. The Morgan fingerprint density at radius 3 is 2.15 bits per heavy atom. The molecule has 0 saturated heterocycles. The van der Waals surface area contributed by atoms with Crippen LogP contribution in [0.15, 0.2) is 59.7 Å². The summed E-state index contributed by atoms with van der Waals surface area (Å²) in [5.41, 5.74) is -1.36. The Morgan fingerprint density at radius 1 is 0.982 bits per heavy atom. The molecular weight excluding hydrogens is 779 g/mol. The highest BCUT2D eigenvalue weighted by atomic mass is 35.5. The minimum absolute atomic E-state index is 0.0233. The zero-order valence-electron chi connectivity index (χ0n) is 29.1. The van der Waals surface area contributed by atoms with E-state index in [-0.39, 0.29) is 39.6 Å². The van der Waals surface area contributed by atoms with Crippen molar-refractivity contribution in [3.8, 4) is 29.6 Å². The van der Waals surface area contributed by atoms with E-state index in [0.29, 0.717) is 30.1 Å². The number of benzene rings is 3. The van der Waals surface area contributed by atoms with Crippen molar-refractivity contribution < 1.29 is 60.6 Å². The number of hydrogen-bond acceptors (Lipinski definition) is 10. The van der Waals surface area contributed by atoms with Crippen molar-refractivity contribution in [1.82, 2.24) is 0 Å². The maximum atomic E-state index is 14.4. The van der Waals surface area contributed by atoms with Gasteiger partial charge >= 0.3 is 18.1 Å². The van der Waals surface area contributed by atoms with Crippen molar-refractivity contribution in [3.63, 3.8) is 0 Å². The smallest absolute Gasteiger partial charge is 0.416 e. The van der Waals surface area contributed by atoms with Gasteiger partial charge in [0.2, 0.25) is 0 Å². The molecule has 0 radical (unpaired) electrons. The minimum atomic E-state index is -4.61. The Balaban J connectivity index is 0.000000252. The van der Waals surface area contributed by atoms with Gasteiger partial charge in [0.25, 0.3) is 17.5 Å². The van der Waals surface area contributed by atoms with Gasteiger partial charge in [0, 0.05) is 29.3 Å². The lowest BCUT2D eigenvalue weighted by Gasteiger charge is -2.19. The number of amides is 2. The fraction of sp³-hybridized carbons (Fsp3) is 0.297. The number of nitro benzene ring substituents is 1. The number of anilines is 1. The van der Waals surface area contributed by atoms with E-state index in [1.54, 1.807) is 13.8 Å². The molecule has 2 atom stereocenters. The summed E-state index contributed by atoms with van der Waals surface area (Å²) in [7, 11) is 0. The maximum absolute atomic E-state index is 14.4. The lowest BCUT2D eigenvalue weighted by atomic mass is 9.93. The van der Waals surface area contributed by atoms with E-state index in [1.807, 2.05) is 0 Å². The summed E-state index contributed by atoms with van der Waals surface area (Å²) >= 11 is 11.8. The zero-order chi connectivity index (χ0) is 40.8. The van der Waals surface area contributed by atoms with Crippen LogP contribution in [0.2, 0.25) is 10.0 Å². The Bertz CT molecular complexity index is 2090. The van der Waals surface area contributed by atoms with E-state index in [9.17, 15) is 46.9 Å². The number of imide groups is 1. The molecule has 12 nitrogen and oxygen atoms in total. The van der Waals surface area contributed by atoms with Gasteiger partial charge in [-0.2, -0.15) is 13.2 Å². The molecule has 2 unspecified atom stereocenters. The first-order valence-electron chi connectivity index (χ1n) is 16.3. The molecule has 0 spiro atoms. The maximum Gasteiger partial charge on any atom is 0.416 e. The number of carbonyl (C=O) groups excluding carboxylic acids is 4. The lowest BCUT2D eigenvalue weighted by Crippen LogP contribution is -2.32. The highest BCUT2D eigenvalue weighted by Gasteiger charge is 2.41. The second kappa shape index (κ2) is 17.7. The number of terminal acetylenes is 1. The van der Waals surface area contributed by atoms with Gasteiger partial charge in [0.1, 0.15) is 28.6 Å². The summed E-state index contributed by atoms with van der Waals surface area (Å²) in [6, 6.07) is 7.64. The van der Waals surface area contributed by atoms with Gasteiger partial charge in [0.05, 0.1) is 32.8 Å². The van der Waals surface area contributed by atoms with E-state index in [0.717, 1.165) is 54.1 Å². The molecule has 0 N–H and O–H groups in total. The zero-order valence-corrected chi connectivity index (χ0v) is 30.6. The van der Waals surface area contributed by atoms with Crippen molar-refractivity contribution in [3.05, 3.63) is 96.8 Å². The SMILES string of the molecule is C#CC(C)Oc1cc(N2C(=O)C3=C(CCCC3)C2=O)c(F)cc1Cl.CCOC(=O)C(C)OC(=O)c1cc(Oc2ccc(C(F)(F)F)cc2Cl)ccc1[N+](=O)[O-]. The van der Waals surface area contributed by atoms with Gasteiger partial charge in [-0.05, 0) is 76.8 Å². The van der Waals surface area contributed by atoms with Crippen LogP contribution < -0.4 is 14.4 Å². The molecule has 55 heavy (non-hydrogen) atoms. The number of carbonyl (C=O) groups is 4. The highest BCUT2D eigenvalue weighted by molar-refractivity contribution is 6.34. The van der Waals surface area contributed by atoms with Crippen molar-refractivity contribution in [2.75, 3.05) is 11.5 Å². The van der Waals surface area contributed by atoms with Crippen molar-refractivity contribution >= 4 is 58.3 Å². The predicted molar refractivity (Wildman–Crippen MR) is 189 cm³/mol. The number of hydrogen-bond donors (Lipinski definition) is 0. The molecule has 2 amide bonds. The molecule has 1 heterocycles. The number of nitro groups is 1.